The van der Waals surface area contributed by atoms with Gasteiger partial charge < -0.3 is 19.9 Å². The molecule has 0 fully saturated rings. The summed E-state index contributed by atoms with van der Waals surface area (Å²) in [4.78, 5) is 11.0. The minimum absolute atomic E-state index is 0.0848. The van der Waals surface area contributed by atoms with Gasteiger partial charge in [0.05, 0.1) is 0 Å². The highest BCUT2D eigenvalue weighted by molar-refractivity contribution is 5.65. The predicted octanol–water partition coefficient (Wildman–Crippen LogP) is 2.10. The molecule has 18 heavy (non-hydrogen) atoms. The van der Waals surface area contributed by atoms with E-state index in [0.717, 1.165) is 0 Å². The maximum absolute atomic E-state index is 12.9. The quantitative estimate of drug-likeness (QED) is 0.792. The Morgan fingerprint density at radius 2 is 2.00 bits per heavy atom. The van der Waals surface area contributed by atoms with Gasteiger partial charge in [-0.05, 0) is 24.3 Å². The van der Waals surface area contributed by atoms with Crippen LogP contribution in [0.4, 0.5) is 9.18 Å². The van der Waals surface area contributed by atoms with Gasteiger partial charge in [-0.2, -0.15) is 0 Å². The Balaban J connectivity index is 3.07. The topological polar surface area (TPSA) is 70.8 Å². The van der Waals surface area contributed by atoms with Crippen LogP contribution in [0.2, 0.25) is 0 Å². The number of amides is 1. The fourth-order valence-corrected chi connectivity index (χ4v) is 1.57. The van der Waals surface area contributed by atoms with Crippen molar-refractivity contribution in [2.24, 2.45) is 5.73 Å². The summed E-state index contributed by atoms with van der Waals surface area (Å²) < 4.78 is 28.1. The van der Waals surface area contributed by atoms with E-state index in [1.54, 1.807) is 6.92 Å². The molecular weight excluding hydrogens is 241 g/mol. The maximum Gasteiger partial charge on any atom is 0.407 e. The lowest BCUT2D eigenvalue weighted by atomic mass is 10.0. The van der Waals surface area contributed by atoms with E-state index in [2.05, 4.69) is 0 Å². The zero-order valence-corrected chi connectivity index (χ0v) is 10.3. The molecule has 1 rings (SSSR count). The van der Waals surface area contributed by atoms with Crippen LogP contribution < -0.4 is 5.73 Å². The van der Waals surface area contributed by atoms with Crippen LogP contribution in [0.25, 0.3) is 0 Å². The summed E-state index contributed by atoms with van der Waals surface area (Å²) in [7, 11) is 1.44. The van der Waals surface area contributed by atoms with Gasteiger partial charge in [0.15, 0.2) is 6.79 Å². The van der Waals surface area contributed by atoms with Crippen LogP contribution in [-0.2, 0) is 20.0 Å². The predicted molar refractivity (Wildman–Crippen MR) is 62.0 cm³/mol. The summed E-state index contributed by atoms with van der Waals surface area (Å²) in [6, 6.07) is 5.44. The normalized spacial score (nSPS) is 13.9. The monoisotopic (exact) mass is 257 g/mol. The molecule has 1 aromatic rings. The first kappa shape index (κ1) is 14.4. The van der Waals surface area contributed by atoms with Gasteiger partial charge in [0.2, 0.25) is 5.79 Å². The fraction of sp³-hybridized carbons (Fsp3) is 0.417. The summed E-state index contributed by atoms with van der Waals surface area (Å²) in [6.07, 6.45) is -0.664. The largest absolute Gasteiger partial charge is 0.412 e. The van der Waals surface area contributed by atoms with Gasteiger partial charge >= 0.3 is 6.09 Å². The number of methoxy groups -OCH3 is 1. The molecule has 0 aliphatic carbocycles. The van der Waals surface area contributed by atoms with E-state index >= 15 is 0 Å². The second-order valence-electron chi connectivity index (χ2n) is 3.59. The van der Waals surface area contributed by atoms with Gasteiger partial charge in [0.1, 0.15) is 5.82 Å². The van der Waals surface area contributed by atoms with Crippen molar-refractivity contribution in [3.8, 4) is 0 Å². The molecule has 0 aliphatic heterocycles. The highest BCUT2D eigenvalue weighted by atomic mass is 19.1. The first-order valence-corrected chi connectivity index (χ1v) is 5.41. The van der Waals surface area contributed by atoms with Crippen molar-refractivity contribution in [1.29, 1.82) is 0 Å². The third-order valence-corrected chi connectivity index (χ3v) is 2.42. The molecule has 0 unspecified atom stereocenters. The third-order valence-electron chi connectivity index (χ3n) is 2.42. The number of primary amides is 1. The number of carbonyl (C=O) groups excluding carboxylic acids is 1. The second kappa shape index (κ2) is 6.32. The molecule has 2 N–H and O–H groups in total. The van der Waals surface area contributed by atoms with Crippen molar-refractivity contribution in [3.63, 3.8) is 0 Å². The van der Waals surface area contributed by atoms with Crippen LogP contribution >= 0.6 is 0 Å². The Morgan fingerprint density at radius 1 is 1.39 bits per heavy atom. The molecule has 0 spiro atoms. The lowest BCUT2D eigenvalue weighted by Crippen LogP contribution is -2.37. The number of carbonyl (C=O) groups is 1. The average Bonchev–Trinajstić information content (AvgIpc) is 2.35. The van der Waals surface area contributed by atoms with Crippen LogP contribution in [0.5, 0.6) is 0 Å². The summed E-state index contributed by atoms with van der Waals surface area (Å²) in [5.41, 5.74) is 5.53. The van der Waals surface area contributed by atoms with Crippen LogP contribution in [0.15, 0.2) is 24.3 Å². The Hall–Kier alpha value is -1.66. The van der Waals surface area contributed by atoms with E-state index in [-0.39, 0.29) is 6.79 Å². The van der Waals surface area contributed by atoms with E-state index in [9.17, 15) is 9.18 Å². The first-order valence-electron chi connectivity index (χ1n) is 5.41. The number of hydrogen-bond acceptors (Lipinski definition) is 4. The van der Waals surface area contributed by atoms with Crippen molar-refractivity contribution in [2.45, 2.75) is 19.1 Å². The number of hydrogen-bond donors (Lipinski definition) is 1. The summed E-state index contributed by atoms with van der Waals surface area (Å²) in [5.74, 6) is -1.76. The van der Waals surface area contributed by atoms with E-state index in [1.165, 1.54) is 31.4 Å². The summed E-state index contributed by atoms with van der Waals surface area (Å²) >= 11 is 0. The summed E-state index contributed by atoms with van der Waals surface area (Å²) in [6.45, 7) is 1.67. The minimum atomic E-state index is -1.37. The molecule has 0 radical (unpaired) electrons. The molecule has 0 saturated carbocycles. The highest BCUT2D eigenvalue weighted by Gasteiger charge is 2.35. The second-order valence-corrected chi connectivity index (χ2v) is 3.59. The third kappa shape index (κ3) is 3.41. The molecule has 5 nitrogen and oxygen atoms in total. The lowest BCUT2D eigenvalue weighted by molar-refractivity contribution is -0.249. The molecule has 6 heteroatoms. The van der Waals surface area contributed by atoms with Gasteiger partial charge in [-0.15, -0.1) is 0 Å². The molecule has 0 aliphatic rings. The average molecular weight is 257 g/mol. The minimum Gasteiger partial charge on any atom is -0.412 e. The van der Waals surface area contributed by atoms with E-state index in [0.29, 0.717) is 12.0 Å². The Labute approximate surface area is 105 Å². The highest BCUT2D eigenvalue weighted by Crippen LogP contribution is 2.31. The van der Waals surface area contributed by atoms with Gasteiger partial charge in [-0.1, -0.05) is 6.92 Å². The molecular formula is C12H16FNO4. The summed E-state index contributed by atoms with van der Waals surface area (Å²) in [5, 5.41) is 0. The van der Waals surface area contributed by atoms with Crippen LogP contribution in [0.1, 0.15) is 18.9 Å². The number of nitrogens with two attached hydrogens (primary N) is 1. The van der Waals surface area contributed by atoms with Gasteiger partial charge in [-0.25, -0.2) is 9.18 Å². The Kier molecular flexibility index (Phi) is 5.06. The van der Waals surface area contributed by atoms with Crippen molar-refractivity contribution in [1.82, 2.24) is 0 Å². The molecule has 0 saturated heterocycles. The fourth-order valence-electron chi connectivity index (χ4n) is 1.57. The molecule has 1 aromatic carbocycles. The molecule has 100 valence electrons. The van der Waals surface area contributed by atoms with E-state index in [4.69, 9.17) is 19.9 Å². The molecule has 1 amide bonds. The van der Waals surface area contributed by atoms with Crippen molar-refractivity contribution < 1.29 is 23.4 Å². The molecule has 0 aromatic heterocycles. The standard InChI is InChI=1S/C12H16FNO4/c1-3-12(17-8-16-2,18-11(14)15)9-4-6-10(13)7-5-9/h4-7H,3,8H2,1-2H3,(H2,14,15)/t12-/m1/s1. The molecule has 0 heterocycles. The van der Waals surface area contributed by atoms with E-state index < -0.39 is 17.7 Å². The number of ether oxygens (including phenoxy) is 3. The molecule has 1 atom stereocenters. The Morgan fingerprint density at radius 3 is 2.44 bits per heavy atom. The van der Waals surface area contributed by atoms with Crippen molar-refractivity contribution >= 4 is 6.09 Å². The first-order chi connectivity index (χ1) is 8.54. The SMILES string of the molecule is CC[C@@](OCOC)(OC(N)=O)c1ccc(F)cc1. The number of rotatable bonds is 6. The van der Waals surface area contributed by atoms with Gasteiger partial charge in [-0.3, -0.25) is 0 Å². The smallest absolute Gasteiger partial charge is 0.407 e. The van der Waals surface area contributed by atoms with Crippen LogP contribution in [0, 0.1) is 5.82 Å². The Bertz CT molecular complexity index is 396. The van der Waals surface area contributed by atoms with Crippen LogP contribution in [-0.4, -0.2) is 20.0 Å². The van der Waals surface area contributed by atoms with Crippen molar-refractivity contribution in [2.75, 3.05) is 13.9 Å². The number of benzene rings is 1. The lowest BCUT2D eigenvalue weighted by Gasteiger charge is -2.31. The molecule has 0 bridgehead atoms. The number of halogens is 1. The van der Waals surface area contributed by atoms with Gasteiger partial charge in [0, 0.05) is 19.1 Å². The van der Waals surface area contributed by atoms with Crippen LogP contribution in [0.3, 0.4) is 0 Å². The van der Waals surface area contributed by atoms with Crippen molar-refractivity contribution in [3.05, 3.63) is 35.6 Å². The van der Waals surface area contributed by atoms with E-state index in [1.807, 2.05) is 0 Å². The zero-order valence-electron chi connectivity index (χ0n) is 10.3. The zero-order chi connectivity index (χ0) is 13.6. The maximum atomic E-state index is 12.9. The van der Waals surface area contributed by atoms with Gasteiger partial charge in [0.25, 0.3) is 0 Å².